The van der Waals surface area contributed by atoms with Crippen LogP contribution in [0.4, 0.5) is 5.69 Å². The molecular formula is C17H13BrN2OS. The molecule has 0 saturated carbocycles. The van der Waals surface area contributed by atoms with E-state index in [2.05, 4.69) is 25.3 Å². The molecule has 1 aliphatic rings. The number of halogens is 1. The summed E-state index contributed by atoms with van der Waals surface area (Å²) in [4.78, 5) is 15.9. The maximum atomic E-state index is 11.4. The molecule has 0 spiro atoms. The third kappa shape index (κ3) is 3.48. The van der Waals surface area contributed by atoms with Crippen LogP contribution in [0, 0.1) is 0 Å². The Hall–Kier alpha value is -1.85. The van der Waals surface area contributed by atoms with Crippen molar-refractivity contribution in [2.24, 2.45) is 9.36 Å². The van der Waals surface area contributed by atoms with Crippen molar-refractivity contribution in [3.05, 3.63) is 69.5 Å². The van der Waals surface area contributed by atoms with E-state index in [1.807, 2.05) is 53.4 Å². The fourth-order valence-corrected chi connectivity index (χ4v) is 3.43. The summed E-state index contributed by atoms with van der Waals surface area (Å²) in [5, 5.41) is 2.05. The van der Waals surface area contributed by atoms with E-state index in [1.165, 1.54) is 0 Å². The second-order valence-electron chi connectivity index (χ2n) is 4.79. The van der Waals surface area contributed by atoms with Crippen LogP contribution in [0.3, 0.4) is 0 Å². The van der Waals surface area contributed by atoms with Crippen molar-refractivity contribution in [1.82, 2.24) is 0 Å². The number of hydrogen-bond donors (Lipinski definition) is 0. The molecule has 22 heavy (non-hydrogen) atoms. The van der Waals surface area contributed by atoms with E-state index in [0.29, 0.717) is 5.56 Å². The molecule has 0 fully saturated rings. The van der Waals surface area contributed by atoms with Crippen LogP contribution in [0.25, 0.3) is 5.70 Å². The summed E-state index contributed by atoms with van der Waals surface area (Å²) in [5.74, 6) is 0.0477. The molecule has 1 aliphatic heterocycles. The number of hydrogen-bond acceptors (Lipinski definition) is 3. The second-order valence-corrected chi connectivity index (χ2v) is 7.03. The van der Waals surface area contributed by atoms with E-state index < -0.39 is 0 Å². The van der Waals surface area contributed by atoms with E-state index in [9.17, 15) is 4.79 Å². The molecule has 3 rings (SSSR count). The number of ketones is 1. The zero-order valence-electron chi connectivity index (χ0n) is 11.9. The summed E-state index contributed by atoms with van der Waals surface area (Å²) < 4.78 is 5.68. The lowest BCUT2D eigenvalue weighted by Crippen LogP contribution is -1.90. The van der Waals surface area contributed by atoms with Gasteiger partial charge in [-0.1, -0.05) is 40.2 Å². The number of aliphatic imine (C=N–C) groups is 1. The van der Waals surface area contributed by atoms with E-state index in [1.54, 1.807) is 13.0 Å². The van der Waals surface area contributed by atoms with Crippen LogP contribution in [0.5, 0.6) is 0 Å². The molecular weight excluding hydrogens is 360 g/mol. The van der Waals surface area contributed by atoms with Gasteiger partial charge in [0.15, 0.2) is 5.78 Å². The molecule has 2 aromatic carbocycles. The van der Waals surface area contributed by atoms with Gasteiger partial charge < -0.3 is 0 Å². The molecule has 0 N–H and O–H groups in total. The number of nitrogens with zero attached hydrogens (tertiary/aromatic N) is 2. The monoisotopic (exact) mass is 372 g/mol. The summed E-state index contributed by atoms with van der Waals surface area (Å²) in [7, 11) is -0.387. The van der Waals surface area contributed by atoms with Crippen molar-refractivity contribution in [3.8, 4) is 0 Å². The second kappa shape index (κ2) is 6.50. The van der Waals surface area contributed by atoms with Gasteiger partial charge in [0.1, 0.15) is 0 Å². The first-order valence-corrected chi connectivity index (χ1v) is 8.78. The van der Waals surface area contributed by atoms with Gasteiger partial charge in [-0.3, -0.25) is 4.79 Å². The van der Waals surface area contributed by atoms with E-state index >= 15 is 0 Å². The minimum Gasteiger partial charge on any atom is -0.295 e. The van der Waals surface area contributed by atoms with E-state index in [0.717, 1.165) is 21.4 Å². The van der Waals surface area contributed by atoms with Crippen LogP contribution in [0.1, 0.15) is 22.8 Å². The van der Waals surface area contributed by atoms with Crippen LogP contribution in [0.15, 0.2) is 67.8 Å². The minimum absolute atomic E-state index is 0.0477. The first-order valence-electron chi connectivity index (χ1n) is 6.68. The maximum absolute atomic E-state index is 11.4. The molecule has 0 aromatic heterocycles. The van der Waals surface area contributed by atoms with Gasteiger partial charge >= 0.3 is 0 Å². The Balaban J connectivity index is 1.88. The molecule has 0 amide bonds. The predicted molar refractivity (Wildman–Crippen MR) is 96.5 cm³/mol. The molecule has 0 aliphatic carbocycles. The highest BCUT2D eigenvalue weighted by Gasteiger charge is 2.07. The van der Waals surface area contributed by atoms with Crippen LogP contribution in [-0.4, -0.2) is 11.3 Å². The summed E-state index contributed by atoms with van der Waals surface area (Å²) in [6.07, 6.45) is 0. The molecule has 0 bridgehead atoms. The quantitative estimate of drug-likeness (QED) is 0.688. The Bertz CT molecular complexity index is 823. The average molecular weight is 373 g/mol. The third-order valence-corrected chi connectivity index (χ3v) is 4.87. The summed E-state index contributed by atoms with van der Waals surface area (Å²) >= 11 is 3.43. The lowest BCUT2D eigenvalue weighted by atomic mass is 10.1. The van der Waals surface area contributed by atoms with Crippen molar-refractivity contribution in [3.63, 3.8) is 0 Å². The van der Waals surface area contributed by atoms with Gasteiger partial charge in [0.2, 0.25) is 0 Å². The number of Topliss-reactive ketones (excluding diaryl/α,β-unsaturated/α-hetero) is 1. The topological polar surface area (TPSA) is 41.8 Å². The van der Waals surface area contributed by atoms with Crippen LogP contribution < -0.4 is 0 Å². The van der Waals surface area contributed by atoms with Crippen molar-refractivity contribution in [2.75, 3.05) is 0 Å². The molecule has 1 heterocycles. The highest BCUT2D eigenvalue weighted by atomic mass is 79.9. The van der Waals surface area contributed by atoms with Gasteiger partial charge in [0.05, 0.1) is 16.9 Å². The predicted octanol–water partition coefficient (Wildman–Crippen LogP) is 5.13. The molecule has 2 aromatic rings. The van der Waals surface area contributed by atoms with Crippen molar-refractivity contribution in [2.45, 2.75) is 6.92 Å². The number of carbonyl (C=O) groups excluding carboxylic acids is 1. The van der Waals surface area contributed by atoms with Crippen LogP contribution >= 0.6 is 15.9 Å². The summed E-state index contributed by atoms with van der Waals surface area (Å²) in [6, 6.07) is 15.4. The van der Waals surface area contributed by atoms with E-state index in [-0.39, 0.29) is 16.5 Å². The SMILES string of the molecule is CC(=O)c1cccc(N=S2C=NC(c3ccc(Br)cc3)=C2)c1. The number of carbonyl (C=O) groups is 1. The highest BCUT2D eigenvalue weighted by Crippen LogP contribution is 2.24. The van der Waals surface area contributed by atoms with Crippen LogP contribution in [-0.2, 0) is 10.7 Å². The molecule has 0 radical (unpaired) electrons. The Labute approximate surface area is 140 Å². The average Bonchev–Trinajstić information content (AvgIpc) is 2.96. The van der Waals surface area contributed by atoms with Crippen molar-refractivity contribution >= 4 is 49.3 Å². The lowest BCUT2D eigenvalue weighted by molar-refractivity contribution is 0.101. The van der Waals surface area contributed by atoms with Crippen molar-refractivity contribution < 1.29 is 4.79 Å². The molecule has 110 valence electrons. The number of benzene rings is 2. The fraction of sp³-hybridized carbons (Fsp3) is 0.0588. The van der Waals surface area contributed by atoms with E-state index in [4.69, 9.17) is 0 Å². The maximum Gasteiger partial charge on any atom is 0.159 e. The summed E-state index contributed by atoms with van der Waals surface area (Å²) in [5.41, 5.74) is 5.33. The first kappa shape index (κ1) is 15.1. The fourth-order valence-electron chi connectivity index (χ4n) is 2.00. The Kier molecular flexibility index (Phi) is 4.45. The smallest absolute Gasteiger partial charge is 0.159 e. The Morgan fingerprint density at radius 1 is 1.18 bits per heavy atom. The zero-order chi connectivity index (χ0) is 15.5. The first-order chi connectivity index (χ1) is 10.6. The standard InChI is InChI=1S/C17H13BrN2OS/c1-12(21)14-3-2-4-16(9-14)20-22-10-17(19-11-22)13-5-7-15(18)8-6-13/h2-11H,1H3. The van der Waals surface area contributed by atoms with Gasteiger partial charge in [0, 0.05) is 21.0 Å². The van der Waals surface area contributed by atoms with Gasteiger partial charge in [-0.25, -0.2) is 9.36 Å². The van der Waals surface area contributed by atoms with Gasteiger partial charge in [-0.05, 0) is 41.9 Å². The lowest BCUT2D eigenvalue weighted by Gasteiger charge is -1.99. The third-order valence-electron chi connectivity index (χ3n) is 3.14. The molecule has 1 atom stereocenters. The minimum atomic E-state index is -0.387. The Morgan fingerprint density at radius 3 is 2.68 bits per heavy atom. The molecule has 1 unspecified atom stereocenters. The molecule has 3 nitrogen and oxygen atoms in total. The highest BCUT2D eigenvalue weighted by molar-refractivity contribution is 9.10. The number of rotatable bonds is 3. The summed E-state index contributed by atoms with van der Waals surface area (Å²) in [6.45, 7) is 1.56. The normalized spacial score (nSPS) is 16.8. The van der Waals surface area contributed by atoms with Gasteiger partial charge in [-0.2, -0.15) is 0 Å². The van der Waals surface area contributed by atoms with Gasteiger partial charge in [0.25, 0.3) is 0 Å². The Morgan fingerprint density at radius 2 is 1.95 bits per heavy atom. The molecule has 5 heteroatoms. The molecule has 0 saturated heterocycles. The largest absolute Gasteiger partial charge is 0.295 e. The van der Waals surface area contributed by atoms with Gasteiger partial charge in [-0.15, -0.1) is 0 Å². The van der Waals surface area contributed by atoms with Crippen LogP contribution in [0.2, 0.25) is 0 Å². The van der Waals surface area contributed by atoms with Crippen molar-refractivity contribution in [1.29, 1.82) is 0 Å². The zero-order valence-corrected chi connectivity index (χ0v) is 14.3.